The Hall–Kier alpha value is -12.6. The zero-order valence-corrected chi connectivity index (χ0v) is 71.0. The van der Waals surface area contributed by atoms with Crippen molar-refractivity contribution in [1.82, 2.24) is 26.3 Å². The lowest BCUT2D eigenvalue weighted by Crippen LogP contribution is -2.44. The molecular weight excluding hydrogens is 1640 g/mol. The molecule has 0 aromatic heterocycles. The van der Waals surface area contributed by atoms with Gasteiger partial charge in [-0.3, -0.25) is 38.4 Å². The Bertz CT molecular complexity index is 3910. The van der Waals surface area contributed by atoms with Crippen molar-refractivity contribution < 1.29 is 124 Å². The Labute approximate surface area is 732 Å². The number of benzene rings is 5. The highest BCUT2D eigenvalue weighted by Gasteiger charge is 2.36. The second-order valence-electron chi connectivity index (χ2n) is 27.9. The number of allylic oxidation sites excluding steroid dienone is 1. The third-order valence-electron chi connectivity index (χ3n) is 16.4. The van der Waals surface area contributed by atoms with Crippen molar-refractivity contribution in [2.45, 2.75) is 61.3 Å². The van der Waals surface area contributed by atoms with E-state index in [0.717, 1.165) is 5.56 Å². The molecule has 0 saturated carbocycles. The van der Waals surface area contributed by atoms with Crippen molar-refractivity contribution in [3.05, 3.63) is 188 Å². The number of ether oxygens (including phenoxy) is 13. The van der Waals surface area contributed by atoms with Crippen molar-refractivity contribution in [3.63, 3.8) is 0 Å². The first-order valence-corrected chi connectivity index (χ1v) is 39.4. The maximum atomic E-state index is 12.7. The minimum absolute atomic E-state index is 0. The van der Waals surface area contributed by atoms with Crippen LogP contribution in [0.2, 0.25) is 0 Å². The van der Waals surface area contributed by atoms with Crippen LogP contribution in [-0.4, -0.2) is 235 Å². The molecule has 0 atom stereocenters. The smallest absolute Gasteiger partial charge is 0.410 e. The van der Waals surface area contributed by atoms with Gasteiger partial charge in [0.15, 0.2) is 5.78 Å². The number of anilines is 4. The normalized spacial score (nSPS) is 11.4. The summed E-state index contributed by atoms with van der Waals surface area (Å²) in [6.45, 7) is 31.0. The van der Waals surface area contributed by atoms with Gasteiger partial charge in [0.2, 0.25) is 0 Å². The summed E-state index contributed by atoms with van der Waals surface area (Å²) in [5, 5.41) is 21.4. The minimum Gasteiger partial charge on any atom is -0.410 e. The van der Waals surface area contributed by atoms with Crippen LogP contribution in [0.1, 0.15) is 60.5 Å². The molecule has 1 fully saturated rings. The maximum Gasteiger partial charge on any atom is 0.539 e. The number of hydrogen-bond acceptors (Lipinski definition) is 30. The summed E-state index contributed by atoms with van der Waals surface area (Å²) in [6, 6.07) is 30.7. The third kappa shape index (κ3) is 44.6. The third-order valence-corrected chi connectivity index (χ3v) is 16.4. The summed E-state index contributed by atoms with van der Waals surface area (Å²) in [4.78, 5) is 149. The molecule has 0 unspecified atom stereocenters. The van der Waals surface area contributed by atoms with Crippen LogP contribution in [0.3, 0.4) is 0 Å². The number of carbonyl (C=O) groups is 12. The molecule has 16 N–H and O–H groups in total. The highest BCUT2D eigenvalue weighted by Crippen LogP contribution is 2.26. The molecule has 1 saturated heterocycles. The Morgan fingerprint density at radius 2 is 0.556 bits per heavy atom. The first kappa shape index (κ1) is 108. The van der Waals surface area contributed by atoms with E-state index in [4.69, 9.17) is 84.5 Å². The van der Waals surface area contributed by atoms with Crippen molar-refractivity contribution in [2.24, 2.45) is 33.8 Å². The monoisotopic (exact) mass is 1760 g/mol. The number of nitrogens with two attached hydrogens (primary N) is 4. The van der Waals surface area contributed by atoms with Gasteiger partial charge in [-0.1, -0.05) is 57.5 Å². The standard InChI is InChI=1S/C58H69N7O16.C15H14N2O6.C13H32N4O4.CH4/c1-38(2)50(66)33-42-9-17-46(18-10-42)78-54(70)59-25-29-74-34-58(35-75-30-26-60-55(71)79-47-19-11-43(12-20-47)63-51(67)39(3)4,36-76-31-27-61-56(72)80-48-21-13-44(14-22-48)64-52(68)40(5)6)37-77-32-28-62-57(73)81-49-23-15-45(16-24-49)65-53(69)41(7)8;1-9(2)14(20)16-10-3-5-11(6-4-10)22-15(21)23-17-12(18)7-8-13(17)19;14-1-5-18-9-13(10-19-6-2-15,11-20-7-3-16)12-21-8-4-17;/h9-24H,1,3,5,7,25-37H2,2,4,6,8H3,(H,59,70)(H,60,71)(H,61,72)(H,62,73)(H,63,67)(H,64,68)(H,65,69);3-6H,1,7-8H2,2H3,(H,16,20);1-12,14-17H2;1H4. The van der Waals surface area contributed by atoms with Crippen LogP contribution in [0.15, 0.2) is 182 Å². The molecular formula is C87H119N13O26. The predicted molar refractivity (Wildman–Crippen MR) is 468 cm³/mol. The average molecular weight is 1760 g/mol. The molecule has 688 valence electrons. The van der Waals surface area contributed by atoms with Crippen LogP contribution in [0, 0.1) is 10.8 Å². The number of Topliss-reactive ketones (excluding diaryl/α,β-unsaturated/α-hetero) is 1. The fourth-order valence-corrected chi connectivity index (χ4v) is 9.85. The van der Waals surface area contributed by atoms with Crippen molar-refractivity contribution in [1.29, 1.82) is 0 Å². The molecule has 5 aromatic carbocycles. The second-order valence-corrected chi connectivity index (χ2v) is 27.9. The number of nitrogens with one attached hydrogen (secondary N) is 8. The summed E-state index contributed by atoms with van der Waals surface area (Å²) in [7, 11) is 0. The number of carbonyl (C=O) groups excluding carboxylic acids is 12. The highest BCUT2D eigenvalue weighted by atomic mass is 16.8. The van der Waals surface area contributed by atoms with E-state index in [0.29, 0.717) is 135 Å². The molecule has 0 bridgehead atoms. The number of hydrogen-bond donors (Lipinski definition) is 12. The van der Waals surface area contributed by atoms with E-state index in [1.165, 1.54) is 60.7 Å². The number of imide groups is 1. The van der Waals surface area contributed by atoms with E-state index in [1.807, 2.05) is 0 Å². The lowest BCUT2D eigenvalue weighted by Gasteiger charge is -2.33. The van der Waals surface area contributed by atoms with E-state index >= 15 is 0 Å². The zero-order valence-electron chi connectivity index (χ0n) is 71.0. The summed E-state index contributed by atoms with van der Waals surface area (Å²) >= 11 is 0. The maximum absolute atomic E-state index is 12.7. The van der Waals surface area contributed by atoms with Gasteiger partial charge in [0, 0.05) is 117 Å². The number of amides is 10. The van der Waals surface area contributed by atoms with E-state index in [2.05, 4.69) is 80.3 Å². The molecule has 0 spiro atoms. The first-order valence-electron chi connectivity index (χ1n) is 39.4. The van der Waals surface area contributed by atoms with E-state index in [9.17, 15) is 57.5 Å². The Morgan fingerprint density at radius 1 is 0.333 bits per heavy atom. The Kier molecular flexibility index (Phi) is 51.2. The fourth-order valence-electron chi connectivity index (χ4n) is 9.85. The van der Waals surface area contributed by atoms with Crippen LogP contribution < -0.4 is 89.2 Å². The average Bonchev–Trinajstić information content (AvgIpc) is 1.51. The van der Waals surface area contributed by atoms with Gasteiger partial charge in [0.05, 0.1) is 117 Å². The van der Waals surface area contributed by atoms with Crippen LogP contribution in [0.5, 0.6) is 28.7 Å². The van der Waals surface area contributed by atoms with Crippen LogP contribution in [-0.2, 0) is 82.7 Å². The summed E-state index contributed by atoms with van der Waals surface area (Å²) in [5.74, 6) is -1.68. The van der Waals surface area contributed by atoms with Gasteiger partial charge in [-0.15, -0.1) is 0 Å². The molecule has 39 heteroatoms. The van der Waals surface area contributed by atoms with Crippen LogP contribution in [0.25, 0.3) is 0 Å². The molecule has 10 amide bonds. The van der Waals surface area contributed by atoms with Gasteiger partial charge < -0.3 is 127 Å². The molecule has 1 aliphatic rings. The second kappa shape index (κ2) is 60.0. The molecule has 5 aromatic rings. The lowest BCUT2D eigenvalue weighted by molar-refractivity contribution is -0.174. The SMILES string of the molecule is C.C=C(C)C(=O)Cc1ccc(OC(=O)NCCOCC(COCCNC(=O)Oc2ccc(NC(=O)C(=C)C)cc2)(COCCNC(=O)Oc2ccc(NC(=O)C(=C)C)cc2)COCCNC(=O)Oc2ccc(NC(=O)C(=C)C)cc2)cc1.C=C(C)C(=O)Nc1ccc(OC(=O)ON2C(=O)CCC2=O)cc1.NCCOCC(COCCN)(COCCN)COCCN. The molecule has 0 radical (unpaired) electrons. The zero-order chi connectivity index (χ0) is 92.0. The molecule has 0 aliphatic carbocycles. The summed E-state index contributed by atoms with van der Waals surface area (Å²) in [6.07, 6.45) is -4.12. The molecule has 6 rings (SSSR count). The topological polar surface area (TPSA) is 538 Å². The number of nitrogens with zero attached hydrogens (tertiary/aromatic N) is 1. The lowest BCUT2D eigenvalue weighted by atomic mass is 9.92. The van der Waals surface area contributed by atoms with E-state index in [1.54, 1.807) is 95.3 Å². The number of rotatable bonds is 53. The largest absolute Gasteiger partial charge is 0.539 e. The molecule has 1 aliphatic heterocycles. The van der Waals surface area contributed by atoms with Crippen LogP contribution in [0.4, 0.5) is 46.7 Å². The van der Waals surface area contributed by atoms with Gasteiger partial charge in [-0.25, -0.2) is 24.0 Å². The van der Waals surface area contributed by atoms with E-state index < -0.39 is 53.2 Å². The van der Waals surface area contributed by atoms with Crippen LogP contribution >= 0.6 is 0 Å². The Balaban J connectivity index is 0.000000733. The van der Waals surface area contributed by atoms with Crippen molar-refractivity contribution >= 4 is 94.5 Å². The van der Waals surface area contributed by atoms with Gasteiger partial charge in [0.1, 0.15) is 28.7 Å². The van der Waals surface area contributed by atoms with Gasteiger partial charge in [-0.2, -0.15) is 0 Å². The van der Waals surface area contributed by atoms with Gasteiger partial charge in [0.25, 0.3) is 35.4 Å². The molecule has 126 heavy (non-hydrogen) atoms. The highest BCUT2D eigenvalue weighted by molar-refractivity contribution is 6.05. The quantitative estimate of drug-likeness (QED) is 0.00582. The van der Waals surface area contributed by atoms with E-state index in [-0.39, 0.29) is 164 Å². The molecule has 1 heterocycles. The van der Waals surface area contributed by atoms with Gasteiger partial charge in [-0.05, 0) is 155 Å². The summed E-state index contributed by atoms with van der Waals surface area (Å²) < 4.78 is 72.9. The first-order chi connectivity index (χ1) is 59.8. The Morgan fingerprint density at radius 3 is 0.778 bits per heavy atom. The minimum atomic E-state index is -1.20. The number of hydroxylamine groups is 2. The van der Waals surface area contributed by atoms with Crippen molar-refractivity contribution in [2.75, 3.05) is 179 Å². The fraction of sp³-hybridized carbons (Fsp3) is 0.402. The predicted octanol–water partition coefficient (Wildman–Crippen LogP) is 7.72. The van der Waals surface area contributed by atoms with Crippen molar-refractivity contribution in [3.8, 4) is 28.7 Å². The molecule has 39 nitrogen and oxygen atoms in total. The summed E-state index contributed by atoms with van der Waals surface area (Å²) in [5.41, 5.74) is 24.7. The number of ketones is 1. The van der Waals surface area contributed by atoms with Gasteiger partial charge >= 0.3 is 30.5 Å².